The summed E-state index contributed by atoms with van der Waals surface area (Å²) < 4.78 is 3.97. The number of piperidine rings is 1. The van der Waals surface area contributed by atoms with E-state index in [1.54, 1.807) is 6.20 Å². The Hall–Kier alpha value is -1.33. The van der Waals surface area contributed by atoms with Crippen molar-refractivity contribution < 1.29 is 0 Å². The third kappa shape index (κ3) is 3.14. The van der Waals surface area contributed by atoms with Gasteiger partial charge in [0.2, 0.25) is 0 Å². The monoisotopic (exact) mass is 307 g/mol. The molecule has 0 amide bonds. The Bertz CT molecular complexity index is 595. The largest absolute Gasteiger partial charge is 0.321 e. The Morgan fingerprint density at radius 2 is 2.05 bits per heavy atom. The van der Waals surface area contributed by atoms with Gasteiger partial charge >= 0.3 is 0 Å². The number of nitrogens with zero attached hydrogens (tertiary/aromatic N) is 5. The molecule has 114 valence electrons. The van der Waals surface area contributed by atoms with Crippen LogP contribution in [0.15, 0.2) is 18.6 Å². The van der Waals surface area contributed by atoms with Gasteiger partial charge in [-0.3, -0.25) is 9.58 Å². The molecule has 21 heavy (non-hydrogen) atoms. The van der Waals surface area contributed by atoms with E-state index in [4.69, 9.17) is 11.6 Å². The molecular weight excluding hydrogens is 286 g/mol. The zero-order chi connectivity index (χ0) is 14.8. The summed E-state index contributed by atoms with van der Waals surface area (Å²) >= 11 is 6.04. The molecule has 0 aliphatic carbocycles. The average molecular weight is 308 g/mol. The lowest BCUT2D eigenvalue weighted by molar-refractivity contribution is 0.198. The molecule has 0 spiro atoms. The summed E-state index contributed by atoms with van der Waals surface area (Å²) in [6.07, 6.45) is 8.32. The van der Waals surface area contributed by atoms with E-state index in [0.717, 1.165) is 32.0 Å². The fourth-order valence-corrected chi connectivity index (χ4v) is 3.11. The molecule has 0 atom stereocenters. The Balaban J connectivity index is 1.56. The smallest absolute Gasteiger partial charge is 0.128 e. The Morgan fingerprint density at radius 1 is 1.29 bits per heavy atom. The van der Waals surface area contributed by atoms with Gasteiger partial charge in [0.1, 0.15) is 11.0 Å². The Labute approximate surface area is 130 Å². The van der Waals surface area contributed by atoms with Crippen LogP contribution >= 0.6 is 11.6 Å². The van der Waals surface area contributed by atoms with E-state index in [1.165, 1.54) is 18.4 Å². The highest BCUT2D eigenvalue weighted by Gasteiger charge is 2.22. The maximum Gasteiger partial charge on any atom is 0.128 e. The SMILES string of the molecule is CCn1cc(C2CCN(Cc3ncc(Cl)n3C)CC2)cn1. The van der Waals surface area contributed by atoms with Crippen LogP contribution in [0.5, 0.6) is 0 Å². The van der Waals surface area contributed by atoms with Crippen molar-refractivity contribution in [3.8, 4) is 0 Å². The molecule has 1 aliphatic rings. The highest BCUT2D eigenvalue weighted by Crippen LogP contribution is 2.28. The van der Waals surface area contributed by atoms with Gasteiger partial charge in [-0.1, -0.05) is 11.6 Å². The van der Waals surface area contributed by atoms with Gasteiger partial charge in [-0.2, -0.15) is 5.10 Å². The molecule has 2 aromatic heterocycles. The molecule has 0 saturated carbocycles. The summed E-state index contributed by atoms with van der Waals surface area (Å²) in [6.45, 7) is 6.15. The van der Waals surface area contributed by atoms with Gasteiger partial charge in [-0.25, -0.2) is 4.98 Å². The Kier molecular flexibility index (Phi) is 4.31. The van der Waals surface area contributed by atoms with Crippen LogP contribution in [0.2, 0.25) is 5.15 Å². The van der Waals surface area contributed by atoms with Crippen molar-refractivity contribution in [3.63, 3.8) is 0 Å². The lowest BCUT2D eigenvalue weighted by Crippen LogP contribution is -2.33. The molecule has 0 radical (unpaired) electrons. The number of imidazole rings is 1. The standard InChI is InChI=1S/C15H22ClN5/c1-3-21-10-13(8-18-21)12-4-6-20(7-5-12)11-15-17-9-14(16)19(15)2/h8-10,12H,3-7,11H2,1-2H3. The van der Waals surface area contributed by atoms with E-state index < -0.39 is 0 Å². The highest BCUT2D eigenvalue weighted by molar-refractivity contribution is 6.29. The first-order valence-corrected chi connectivity index (χ1v) is 7.96. The number of rotatable bonds is 4. The van der Waals surface area contributed by atoms with E-state index in [-0.39, 0.29) is 0 Å². The van der Waals surface area contributed by atoms with Gasteiger partial charge in [0, 0.05) is 19.8 Å². The molecule has 3 heterocycles. The Morgan fingerprint density at radius 3 is 2.62 bits per heavy atom. The summed E-state index contributed by atoms with van der Waals surface area (Å²) in [4.78, 5) is 6.83. The van der Waals surface area contributed by atoms with Crippen LogP contribution < -0.4 is 0 Å². The number of aryl methyl sites for hydroxylation is 1. The normalized spacial score (nSPS) is 17.5. The quantitative estimate of drug-likeness (QED) is 0.872. The molecule has 3 rings (SSSR count). The van der Waals surface area contributed by atoms with Crippen molar-refractivity contribution in [3.05, 3.63) is 35.1 Å². The molecule has 1 saturated heterocycles. The number of likely N-dealkylation sites (tertiary alicyclic amines) is 1. The van der Waals surface area contributed by atoms with E-state index in [1.807, 2.05) is 22.5 Å². The molecule has 2 aromatic rings. The van der Waals surface area contributed by atoms with Crippen LogP contribution in [0.4, 0.5) is 0 Å². The minimum absolute atomic E-state index is 0.645. The maximum absolute atomic E-state index is 6.04. The third-order valence-electron chi connectivity index (χ3n) is 4.43. The molecule has 0 N–H and O–H groups in total. The predicted molar refractivity (Wildman–Crippen MR) is 83.4 cm³/mol. The van der Waals surface area contributed by atoms with E-state index in [9.17, 15) is 0 Å². The zero-order valence-corrected chi connectivity index (χ0v) is 13.4. The van der Waals surface area contributed by atoms with Crippen LogP contribution in [0, 0.1) is 0 Å². The molecule has 5 nitrogen and oxygen atoms in total. The van der Waals surface area contributed by atoms with Gasteiger partial charge in [0.05, 0.1) is 18.9 Å². The van der Waals surface area contributed by atoms with Crippen molar-refractivity contribution >= 4 is 11.6 Å². The molecule has 0 aromatic carbocycles. The summed E-state index contributed by atoms with van der Waals surface area (Å²) in [7, 11) is 1.97. The number of halogens is 1. The zero-order valence-electron chi connectivity index (χ0n) is 12.7. The van der Waals surface area contributed by atoms with Crippen LogP contribution in [0.25, 0.3) is 0 Å². The van der Waals surface area contributed by atoms with Crippen LogP contribution in [0.3, 0.4) is 0 Å². The van der Waals surface area contributed by atoms with Crippen LogP contribution in [-0.4, -0.2) is 37.3 Å². The van der Waals surface area contributed by atoms with Crippen LogP contribution in [-0.2, 0) is 20.1 Å². The van der Waals surface area contributed by atoms with Gasteiger partial charge < -0.3 is 4.57 Å². The summed E-state index contributed by atoms with van der Waals surface area (Å²) in [5.74, 6) is 1.68. The van der Waals surface area contributed by atoms with Crippen molar-refractivity contribution in [1.82, 2.24) is 24.2 Å². The molecule has 1 aliphatic heterocycles. The molecule has 0 bridgehead atoms. The van der Waals surface area contributed by atoms with E-state index >= 15 is 0 Å². The first-order valence-electron chi connectivity index (χ1n) is 7.58. The van der Waals surface area contributed by atoms with Gasteiger partial charge in [-0.15, -0.1) is 0 Å². The molecular formula is C15H22ClN5. The molecule has 6 heteroatoms. The minimum atomic E-state index is 0.645. The minimum Gasteiger partial charge on any atom is -0.321 e. The van der Waals surface area contributed by atoms with Gasteiger partial charge in [0.25, 0.3) is 0 Å². The van der Waals surface area contributed by atoms with Gasteiger partial charge in [-0.05, 0) is 44.3 Å². The maximum atomic E-state index is 6.04. The first-order chi connectivity index (χ1) is 10.2. The second kappa shape index (κ2) is 6.20. The molecule has 1 fully saturated rings. The first kappa shape index (κ1) is 14.6. The lowest BCUT2D eigenvalue weighted by Gasteiger charge is -2.31. The average Bonchev–Trinajstić information content (AvgIpc) is 3.10. The summed E-state index contributed by atoms with van der Waals surface area (Å²) in [6, 6.07) is 0. The summed E-state index contributed by atoms with van der Waals surface area (Å²) in [5, 5.41) is 5.09. The molecule has 0 unspecified atom stereocenters. The number of aromatic nitrogens is 4. The van der Waals surface area contributed by atoms with Crippen LogP contribution in [0.1, 0.15) is 37.1 Å². The van der Waals surface area contributed by atoms with Crippen molar-refractivity contribution in [1.29, 1.82) is 0 Å². The summed E-state index contributed by atoms with van der Waals surface area (Å²) in [5.41, 5.74) is 1.39. The fraction of sp³-hybridized carbons (Fsp3) is 0.600. The van der Waals surface area contributed by atoms with Crippen molar-refractivity contribution in [2.75, 3.05) is 13.1 Å². The number of hydrogen-bond acceptors (Lipinski definition) is 3. The fourth-order valence-electron chi connectivity index (χ4n) is 2.96. The van der Waals surface area contributed by atoms with Crippen molar-refractivity contribution in [2.45, 2.75) is 38.8 Å². The highest BCUT2D eigenvalue weighted by atomic mass is 35.5. The van der Waals surface area contributed by atoms with E-state index in [2.05, 4.69) is 28.1 Å². The second-order valence-electron chi connectivity index (χ2n) is 5.74. The second-order valence-corrected chi connectivity index (χ2v) is 6.12. The third-order valence-corrected chi connectivity index (χ3v) is 4.78. The van der Waals surface area contributed by atoms with Gasteiger partial charge in [0.15, 0.2) is 0 Å². The topological polar surface area (TPSA) is 38.9 Å². The predicted octanol–water partition coefficient (Wildman–Crippen LogP) is 2.67. The lowest BCUT2D eigenvalue weighted by atomic mass is 9.91. The number of hydrogen-bond donors (Lipinski definition) is 0. The van der Waals surface area contributed by atoms with E-state index in [0.29, 0.717) is 11.1 Å². The van der Waals surface area contributed by atoms with Crippen molar-refractivity contribution in [2.24, 2.45) is 7.05 Å².